The van der Waals surface area contributed by atoms with E-state index < -0.39 is 43.2 Å². The van der Waals surface area contributed by atoms with Crippen LogP contribution in [0.5, 0.6) is 5.75 Å². The van der Waals surface area contributed by atoms with Crippen LogP contribution in [0.3, 0.4) is 0 Å². The van der Waals surface area contributed by atoms with Gasteiger partial charge in [-0.15, -0.1) is 0 Å². The lowest BCUT2D eigenvalue weighted by Crippen LogP contribution is -2.33. The SMILES string of the molecule is COc1ccc(S(=O)(=O)C(CNS(=O)(=O)Cc2ccccc2F)c2cccnc2)cc1. The first-order valence-electron chi connectivity index (χ1n) is 9.21. The number of hydrogen-bond donors (Lipinski definition) is 1. The first-order chi connectivity index (χ1) is 14.7. The maximum Gasteiger partial charge on any atom is 0.215 e. The lowest BCUT2D eigenvalue weighted by atomic mass is 10.2. The summed E-state index contributed by atoms with van der Waals surface area (Å²) in [5, 5.41) is -1.23. The highest BCUT2D eigenvalue weighted by Gasteiger charge is 2.31. The van der Waals surface area contributed by atoms with Crippen molar-refractivity contribution in [2.24, 2.45) is 0 Å². The van der Waals surface area contributed by atoms with Crippen molar-refractivity contribution in [1.82, 2.24) is 9.71 Å². The smallest absolute Gasteiger partial charge is 0.215 e. The number of nitrogens with zero attached hydrogens (tertiary/aromatic N) is 1. The Morgan fingerprint density at radius 2 is 1.71 bits per heavy atom. The average molecular weight is 465 g/mol. The van der Waals surface area contributed by atoms with Crippen molar-refractivity contribution >= 4 is 19.9 Å². The number of benzene rings is 2. The normalized spacial score (nSPS) is 13.0. The van der Waals surface area contributed by atoms with E-state index in [9.17, 15) is 21.2 Å². The molecule has 7 nitrogen and oxygen atoms in total. The number of halogens is 1. The number of sulfone groups is 1. The number of nitrogens with one attached hydrogen (secondary N) is 1. The molecule has 1 unspecified atom stereocenters. The van der Waals surface area contributed by atoms with Gasteiger partial charge in [-0.3, -0.25) is 4.98 Å². The number of sulfonamides is 1. The molecule has 0 aliphatic carbocycles. The number of rotatable bonds is 9. The van der Waals surface area contributed by atoms with Crippen LogP contribution in [0, 0.1) is 5.82 Å². The monoisotopic (exact) mass is 464 g/mol. The molecular formula is C21H21FN2O5S2. The molecule has 31 heavy (non-hydrogen) atoms. The largest absolute Gasteiger partial charge is 0.497 e. The number of aromatic nitrogens is 1. The van der Waals surface area contributed by atoms with E-state index in [4.69, 9.17) is 4.74 Å². The summed E-state index contributed by atoms with van der Waals surface area (Å²) in [4.78, 5) is 3.96. The molecule has 1 N–H and O–H groups in total. The number of pyridine rings is 1. The van der Waals surface area contributed by atoms with Gasteiger partial charge in [-0.1, -0.05) is 24.3 Å². The van der Waals surface area contributed by atoms with Crippen LogP contribution >= 0.6 is 0 Å². The Kier molecular flexibility index (Phi) is 7.04. The predicted molar refractivity (Wildman–Crippen MR) is 114 cm³/mol. The van der Waals surface area contributed by atoms with Gasteiger partial charge in [0, 0.05) is 24.5 Å². The lowest BCUT2D eigenvalue weighted by Gasteiger charge is -2.19. The summed E-state index contributed by atoms with van der Waals surface area (Å²) >= 11 is 0. The van der Waals surface area contributed by atoms with Crippen molar-refractivity contribution in [1.29, 1.82) is 0 Å². The van der Waals surface area contributed by atoms with Crippen LogP contribution in [0.2, 0.25) is 0 Å². The van der Waals surface area contributed by atoms with Gasteiger partial charge in [0.05, 0.1) is 17.8 Å². The molecule has 2 aromatic carbocycles. The number of hydrogen-bond acceptors (Lipinski definition) is 6. The van der Waals surface area contributed by atoms with Crippen LogP contribution in [0.4, 0.5) is 4.39 Å². The Morgan fingerprint density at radius 3 is 2.32 bits per heavy atom. The zero-order valence-corrected chi connectivity index (χ0v) is 18.2. The number of ether oxygens (including phenoxy) is 1. The molecule has 0 bridgehead atoms. The summed E-state index contributed by atoms with van der Waals surface area (Å²) in [6.07, 6.45) is 2.86. The van der Waals surface area contributed by atoms with Crippen molar-refractivity contribution in [2.45, 2.75) is 15.9 Å². The fourth-order valence-electron chi connectivity index (χ4n) is 2.98. The Morgan fingerprint density at radius 1 is 1.00 bits per heavy atom. The predicted octanol–water partition coefficient (Wildman–Crippen LogP) is 2.86. The van der Waals surface area contributed by atoms with Crippen LogP contribution < -0.4 is 9.46 Å². The minimum atomic E-state index is -4.01. The second-order valence-electron chi connectivity index (χ2n) is 6.69. The Labute approximate surface area is 180 Å². The zero-order valence-electron chi connectivity index (χ0n) is 16.6. The highest BCUT2D eigenvalue weighted by Crippen LogP contribution is 2.29. The van der Waals surface area contributed by atoms with Gasteiger partial charge in [-0.25, -0.2) is 25.9 Å². The Bertz CT molecular complexity index is 1230. The van der Waals surface area contributed by atoms with Crippen molar-refractivity contribution in [2.75, 3.05) is 13.7 Å². The van der Waals surface area contributed by atoms with E-state index >= 15 is 0 Å². The first-order valence-corrected chi connectivity index (χ1v) is 12.4. The molecule has 0 saturated carbocycles. The Hall–Kier alpha value is -2.82. The minimum Gasteiger partial charge on any atom is -0.497 e. The molecule has 1 atom stereocenters. The summed E-state index contributed by atoms with van der Waals surface area (Å²) in [6, 6.07) is 14.4. The third-order valence-corrected chi connectivity index (χ3v) is 8.03. The Balaban J connectivity index is 1.88. The molecule has 3 rings (SSSR count). The summed E-state index contributed by atoms with van der Waals surface area (Å²) < 4.78 is 72.9. The first kappa shape index (κ1) is 22.9. The fraction of sp³-hybridized carbons (Fsp3) is 0.190. The second-order valence-corrected chi connectivity index (χ2v) is 10.6. The van der Waals surface area contributed by atoms with E-state index in [1.165, 1.54) is 62.0 Å². The van der Waals surface area contributed by atoms with Crippen molar-refractivity contribution < 1.29 is 26.0 Å². The molecule has 0 fully saturated rings. The second kappa shape index (κ2) is 9.54. The maximum absolute atomic E-state index is 13.8. The van der Waals surface area contributed by atoms with Gasteiger partial charge < -0.3 is 4.74 Å². The van der Waals surface area contributed by atoms with Gasteiger partial charge in [0.25, 0.3) is 0 Å². The summed E-state index contributed by atoms with van der Waals surface area (Å²) in [7, 11) is -6.52. The molecule has 0 spiro atoms. The molecule has 0 saturated heterocycles. The topological polar surface area (TPSA) is 102 Å². The van der Waals surface area contributed by atoms with Gasteiger partial charge in [0.1, 0.15) is 16.8 Å². The van der Waals surface area contributed by atoms with Crippen molar-refractivity contribution in [3.05, 3.63) is 90.0 Å². The fourth-order valence-corrected chi connectivity index (χ4v) is 5.89. The highest BCUT2D eigenvalue weighted by atomic mass is 32.2. The van der Waals surface area contributed by atoms with E-state index in [2.05, 4.69) is 9.71 Å². The molecule has 1 heterocycles. The summed E-state index contributed by atoms with van der Waals surface area (Å²) in [5.41, 5.74) is 0.317. The van der Waals surface area contributed by atoms with E-state index in [1.807, 2.05) is 0 Å². The van der Waals surface area contributed by atoms with E-state index in [1.54, 1.807) is 12.1 Å². The summed E-state index contributed by atoms with van der Waals surface area (Å²) in [6.45, 7) is -0.434. The zero-order chi connectivity index (χ0) is 22.5. The molecule has 0 aliphatic rings. The van der Waals surface area contributed by atoms with Crippen LogP contribution in [-0.2, 0) is 25.6 Å². The van der Waals surface area contributed by atoms with Crippen molar-refractivity contribution in [3.63, 3.8) is 0 Å². The molecule has 10 heteroatoms. The van der Waals surface area contributed by atoms with Gasteiger partial charge in [0.15, 0.2) is 9.84 Å². The quantitative estimate of drug-likeness (QED) is 0.522. The van der Waals surface area contributed by atoms with Crippen LogP contribution in [-0.4, -0.2) is 35.5 Å². The summed E-state index contributed by atoms with van der Waals surface area (Å²) in [5.74, 6) is -0.771. The van der Waals surface area contributed by atoms with E-state index in [0.29, 0.717) is 11.3 Å². The molecule has 3 aromatic rings. The standard InChI is InChI=1S/C21H21FN2O5S2/c1-29-18-8-10-19(11-9-18)31(27,28)21(16-6-4-12-23-13-16)14-24-30(25,26)15-17-5-2-3-7-20(17)22/h2-13,21,24H,14-15H2,1H3. The van der Waals surface area contributed by atoms with Crippen LogP contribution in [0.1, 0.15) is 16.4 Å². The highest BCUT2D eigenvalue weighted by molar-refractivity contribution is 7.92. The van der Waals surface area contributed by atoms with E-state index in [-0.39, 0.29) is 10.5 Å². The van der Waals surface area contributed by atoms with Crippen LogP contribution in [0.25, 0.3) is 0 Å². The number of methoxy groups -OCH3 is 1. The average Bonchev–Trinajstić information content (AvgIpc) is 2.76. The lowest BCUT2D eigenvalue weighted by molar-refractivity contribution is 0.414. The molecule has 0 amide bonds. The molecule has 164 valence electrons. The molecule has 0 radical (unpaired) electrons. The maximum atomic E-state index is 13.8. The third-order valence-electron chi connectivity index (χ3n) is 4.61. The molecule has 0 aliphatic heterocycles. The van der Waals surface area contributed by atoms with Crippen LogP contribution in [0.15, 0.2) is 78.0 Å². The van der Waals surface area contributed by atoms with Gasteiger partial charge >= 0.3 is 0 Å². The minimum absolute atomic E-state index is 0.00839. The van der Waals surface area contributed by atoms with Crippen molar-refractivity contribution in [3.8, 4) is 5.75 Å². The van der Waals surface area contributed by atoms with E-state index in [0.717, 1.165) is 6.07 Å². The molecular weight excluding hydrogens is 443 g/mol. The van der Waals surface area contributed by atoms with Gasteiger partial charge in [0.2, 0.25) is 10.0 Å². The third kappa shape index (κ3) is 5.66. The van der Waals surface area contributed by atoms with Gasteiger partial charge in [-0.2, -0.15) is 0 Å². The molecule has 1 aromatic heterocycles. The van der Waals surface area contributed by atoms with Gasteiger partial charge in [-0.05, 0) is 42.0 Å².